The van der Waals surface area contributed by atoms with E-state index in [-0.39, 0.29) is 11.4 Å². The second-order valence-corrected chi connectivity index (χ2v) is 3.63. The van der Waals surface area contributed by atoms with Crippen molar-refractivity contribution in [1.29, 1.82) is 0 Å². The maximum absolute atomic E-state index is 13.0. The van der Waals surface area contributed by atoms with E-state index in [0.717, 1.165) is 0 Å². The molecule has 2 heterocycles. The average Bonchev–Trinajstić information content (AvgIpc) is 2.72. The van der Waals surface area contributed by atoms with Crippen molar-refractivity contribution in [3.63, 3.8) is 0 Å². The summed E-state index contributed by atoms with van der Waals surface area (Å²) in [5.74, 6) is 0.165. The Bertz CT molecular complexity index is 745. The molecule has 1 aromatic carbocycles. The fourth-order valence-corrected chi connectivity index (χ4v) is 1.67. The molecule has 0 unspecified atom stereocenters. The Morgan fingerprint density at radius 3 is 2.94 bits per heavy atom. The number of halogens is 1. The first-order chi connectivity index (χ1) is 8.22. The summed E-state index contributed by atoms with van der Waals surface area (Å²) in [6.45, 7) is 0. The van der Waals surface area contributed by atoms with Gasteiger partial charge in [-0.15, -0.1) is 0 Å². The summed E-state index contributed by atoms with van der Waals surface area (Å²) in [5, 5.41) is 6.61. The summed E-state index contributed by atoms with van der Waals surface area (Å²) in [7, 11) is 0. The molecular weight excluding hydrogens is 223 g/mol. The second-order valence-electron chi connectivity index (χ2n) is 3.63. The molecule has 0 aliphatic rings. The maximum Gasteiger partial charge on any atom is 0.264 e. The van der Waals surface area contributed by atoms with Crippen LogP contribution in [0.2, 0.25) is 0 Å². The van der Waals surface area contributed by atoms with Crippen molar-refractivity contribution in [2.75, 3.05) is 0 Å². The van der Waals surface area contributed by atoms with Crippen molar-refractivity contribution in [3.05, 3.63) is 52.7 Å². The molecule has 0 atom stereocenters. The molecule has 5 heteroatoms. The van der Waals surface area contributed by atoms with Gasteiger partial charge in [-0.1, -0.05) is 0 Å². The van der Waals surface area contributed by atoms with Crippen LogP contribution in [0.15, 0.2) is 45.7 Å². The predicted molar refractivity (Wildman–Crippen MR) is 60.0 cm³/mol. The van der Waals surface area contributed by atoms with Crippen LogP contribution in [0.5, 0.6) is 0 Å². The zero-order chi connectivity index (χ0) is 11.8. The molecule has 3 rings (SSSR count). The topological polar surface area (TPSA) is 58.9 Å². The van der Waals surface area contributed by atoms with Crippen LogP contribution in [-0.4, -0.2) is 10.2 Å². The summed E-state index contributed by atoms with van der Waals surface area (Å²) in [6, 6.07) is 7.30. The zero-order valence-corrected chi connectivity index (χ0v) is 8.61. The molecule has 1 N–H and O–H groups in total. The molecule has 0 saturated heterocycles. The van der Waals surface area contributed by atoms with Crippen LogP contribution < -0.4 is 5.56 Å². The number of benzene rings is 1. The van der Waals surface area contributed by atoms with Crippen LogP contribution in [-0.2, 0) is 0 Å². The molecule has 0 saturated carbocycles. The van der Waals surface area contributed by atoms with Gasteiger partial charge in [0, 0.05) is 17.0 Å². The molecule has 0 bridgehead atoms. The highest BCUT2D eigenvalue weighted by atomic mass is 19.1. The second kappa shape index (κ2) is 3.55. The van der Waals surface area contributed by atoms with E-state index in [1.54, 1.807) is 12.1 Å². The van der Waals surface area contributed by atoms with Crippen LogP contribution in [0.3, 0.4) is 0 Å². The van der Waals surface area contributed by atoms with Crippen molar-refractivity contribution in [2.45, 2.75) is 0 Å². The van der Waals surface area contributed by atoms with Crippen LogP contribution in [0.25, 0.3) is 22.3 Å². The Morgan fingerprint density at radius 1 is 1.24 bits per heavy atom. The number of nitrogens with one attached hydrogen (secondary N) is 1. The highest BCUT2D eigenvalue weighted by molar-refractivity contribution is 5.82. The first kappa shape index (κ1) is 9.77. The van der Waals surface area contributed by atoms with Crippen molar-refractivity contribution in [1.82, 2.24) is 10.2 Å². The third kappa shape index (κ3) is 1.71. The van der Waals surface area contributed by atoms with E-state index in [4.69, 9.17) is 4.42 Å². The van der Waals surface area contributed by atoms with E-state index in [2.05, 4.69) is 10.2 Å². The monoisotopic (exact) mass is 230 g/mol. The molecule has 2 aromatic heterocycles. The molecule has 0 spiro atoms. The van der Waals surface area contributed by atoms with Gasteiger partial charge in [0.1, 0.15) is 17.2 Å². The van der Waals surface area contributed by atoms with Gasteiger partial charge in [0.25, 0.3) is 5.56 Å². The largest absolute Gasteiger partial charge is 0.456 e. The lowest BCUT2D eigenvalue weighted by molar-refractivity contribution is 0.618. The van der Waals surface area contributed by atoms with E-state index in [0.29, 0.717) is 22.3 Å². The number of hydrogen-bond donors (Lipinski definition) is 1. The smallest absolute Gasteiger partial charge is 0.264 e. The van der Waals surface area contributed by atoms with Gasteiger partial charge in [-0.2, -0.15) is 5.10 Å². The molecule has 0 radical (unpaired) electrons. The number of nitrogens with zero attached hydrogens (tertiary/aromatic N) is 1. The third-order valence-electron chi connectivity index (χ3n) is 2.43. The Labute approximate surface area is 94.7 Å². The normalized spacial score (nSPS) is 10.9. The predicted octanol–water partition coefficient (Wildman–Crippen LogP) is 2.32. The Morgan fingerprint density at radius 2 is 2.12 bits per heavy atom. The van der Waals surface area contributed by atoms with Gasteiger partial charge >= 0.3 is 0 Å². The fourth-order valence-electron chi connectivity index (χ4n) is 1.67. The minimum absolute atomic E-state index is 0.311. The van der Waals surface area contributed by atoms with E-state index in [1.165, 1.54) is 24.4 Å². The molecule has 0 aliphatic carbocycles. The van der Waals surface area contributed by atoms with Gasteiger partial charge in [0.2, 0.25) is 0 Å². The molecule has 17 heavy (non-hydrogen) atoms. The molecule has 0 aliphatic heterocycles. The highest BCUT2D eigenvalue weighted by Gasteiger charge is 2.07. The zero-order valence-electron chi connectivity index (χ0n) is 8.61. The average molecular weight is 230 g/mol. The number of hydrogen-bond acceptors (Lipinski definition) is 3. The first-order valence-corrected chi connectivity index (χ1v) is 4.96. The third-order valence-corrected chi connectivity index (χ3v) is 2.43. The maximum atomic E-state index is 13.0. The van der Waals surface area contributed by atoms with Crippen LogP contribution >= 0.6 is 0 Å². The van der Waals surface area contributed by atoms with Crippen molar-refractivity contribution in [2.24, 2.45) is 0 Å². The van der Waals surface area contributed by atoms with Crippen LogP contribution in [0.4, 0.5) is 4.39 Å². The van der Waals surface area contributed by atoms with Gasteiger partial charge in [-0.05, 0) is 24.3 Å². The Hall–Kier alpha value is -2.43. The summed E-state index contributed by atoms with van der Waals surface area (Å²) in [4.78, 5) is 11.1. The van der Waals surface area contributed by atoms with E-state index < -0.39 is 0 Å². The molecule has 4 nitrogen and oxygen atoms in total. The van der Waals surface area contributed by atoms with Crippen LogP contribution in [0.1, 0.15) is 0 Å². The number of aromatic amines is 1. The van der Waals surface area contributed by atoms with Gasteiger partial charge in [-0.25, -0.2) is 9.49 Å². The number of aromatic nitrogens is 2. The van der Waals surface area contributed by atoms with Crippen molar-refractivity contribution < 1.29 is 8.81 Å². The quantitative estimate of drug-likeness (QED) is 0.697. The SMILES string of the molecule is O=c1cc(-c2cc3cc(F)ccc3o2)cn[nH]1. The fraction of sp³-hybridized carbons (Fsp3) is 0. The number of furan rings is 1. The molecule has 0 fully saturated rings. The van der Waals surface area contributed by atoms with Crippen molar-refractivity contribution in [3.8, 4) is 11.3 Å². The Kier molecular flexibility index (Phi) is 2.04. The van der Waals surface area contributed by atoms with Crippen molar-refractivity contribution >= 4 is 11.0 Å². The van der Waals surface area contributed by atoms with Gasteiger partial charge < -0.3 is 4.42 Å². The number of rotatable bonds is 1. The van der Waals surface area contributed by atoms with E-state index in [9.17, 15) is 9.18 Å². The molecule has 3 aromatic rings. The van der Waals surface area contributed by atoms with Gasteiger partial charge in [-0.3, -0.25) is 4.79 Å². The molecular formula is C12H7FN2O2. The first-order valence-electron chi connectivity index (χ1n) is 4.96. The standard InChI is InChI=1S/C12H7FN2O2/c13-9-1-2-10-7(3-9)4-11(17-10)8-5-12(16)15-14-6-8/h1-6H,(H,15,16). The summed E-state index contributed by atoms with van der Waals surface area (Å²) in [5.41, 5.74) is 0.821. The van der Waals surface area contributed by atoms with Gasteiger partial charge in [0.15, 0.2) is 0 Å². The molecule has 84 valence electrons. The highest BCUT2D eigenvalue weighted by Crippen LogP contribution is 2.26. The minimum atomic E-state index is -0.325. The summed E-state index contributed by atoms with van der Waals surface area (Å²) < 4.78 is 18.5. The van der Waals surface area contributed by atoms with Gasteiger partial charge in [0.05, 0.1) is 6.20 Å². The van der Waals surface area contributed by atoms with Crippen LogP contribution in [0, 0.1) is 5.82 Å². The van der Waals surface area contributed by atoms with E-state index >= 15 is 0 Å². The molecule has 0 amide bonds. The lowest BCUT2D eigenvalue weighted by Gasteiger charge is -1.92. The lowest BCUT2D eigenvalue weighted by atomic mass is 10.2. The lowest BCUT2D eigenvalue weighted by Crippen LogP contribution is -2.05. The number of fused-ring (bicyclic) bond motifs is 1. The summed E-state index contributed by atoms with van der Waals surface area (Å²) >= 11 is 0. The van der Waals surface area contributed by atoms with E-state index in [1.807, 2.05) is 0 Å². The number of H-pyrrole nitrogens is 1. The summed E-state index contributed by atoms with van der Waals surface area (Å²) in [6.07, 6.45) is 1.48. The minimum Gasteiger partial charge on any atom is -0.456 e. The Balaban J connectivity index is 2.21.